The van der Waals surface area contributed by atoms with Gasteiger partial charge in [-0.1, -0.05) is 12.1 Å². The van der Waals surface area contributed by atoms with Gasteiger partial charge in [-0.05, 0) is 95.8 Å². The first-order valence-corrected chi connectivity index (χ1v) is 11.0. The standard InChI is InChI=1S/C23H20IN3O3S/c1-2-30-22(29)17-8-10-20(11-9-17)27(15-16-5-4-12-25-14-16)23(31)26-21(28)18-6-3-7-19(24)13-18/h3-14H,2,15H2,1H3,(H,26,28,31). The lowest BCUT2D eigenvalue weighted by Gasteiger charge is -2.26. The van der Waals surface area contributed by atoms with Crippen LogP contribution in [0.15, 0.2) is 73.1 Å². The number of halogens is 1. The zero-order valence-corrected chi connectivity index (χ0v) is 19.7. The first kappa shape index (κ1) is 22.8. The molecule has 0 bridgehead atoms. The molecular formula is C23H20IN3O3S. The summed E-state index contributed by atoms with van der Waals surface area (Å²) in [5.74, 6) is -0.676. The monoisotopic (exact) mass is 545 g/mol. The average molecular weight is 545 g/mol. The summed E-state index contributed by atoms with van der Waals surface area (Å²) in [5.41, 5.74) is 2.61. The lowest BCUT2D eigenvalue weighted by Crippen LogP contribution is -2.42. The van der Waals surface area contributed by atoms with Gasteiger partial charge >= 0.3 is 5.97 Å². The second-order valence-corrected chi connectivity index (χ2v) is 8.12. The van der Waals surface area contributed by atoms with Crippen molar-refractivity contribution in [3.63, 3.8) is 0 Å². The molecule has 3 aromatic rings. The summed E-state index contributed by atoms with van der Waals surface area (Å²) in [6, 6.07) is 17.9. The molecule has 0 unspecified atom stereocenters. The van der Waals surface area contributed by atoms with Crippen molar-refractivity contribution in [2.45, 2.75) is 13.5 Å². The molecule has 0 aliphatic carbocycles. The van der Waals surface area contributed by atoms with Gasteiger partial charge in [0.05, 0.1) is 18.7 Å². The van der Waals surface area contributed by atoms with Crippen LogP contribution >= 0.6 is 34.8 Å². The van der Waals surface area contributed by atoms with Crippen LogP contribution in [0.25, 0.3) is 0 Å². The summed E-state index contributed by atoms with van der Waals surface area (Å²) in [5, 5.41) is 3.05. The second kappa shape index (κ2) is 11.0. The van der Waals surface area contributed by atoms with E-state index in [0.29, 0.717) is 24.3 Å². The Morgan fingerprint density at radius 1 is 1.10 bits per heavy atom. The van der Waals surface area contributed by atoms with E-state index in [0.717, 1.165) is 14.8 Å². The van der Waals surface area contributed by atoms with E-state index < -0.39 is 0 Å². The number of carbonyl (C=O) groups excluding carboxylic acids is 2. The smallest absolute Gasteiger partial charge is 0.338 e. The number of benzene rings is 2. The first-order valence-electron chi connectivity index (χ1n) is 9.52. The van der Waals surface area contributed by atoms with Gasteiger partial charge in [0.25, 0.3) is 5.91 Å². The van der Waals surface area contributed by atoms with Crippen molar-refractivity contribution in [3.8, 4) is 0 Å². The van der Waals surface area contributed by atoms with Crippen LogP contribution in [0, 0.1) is 3.57 Å². The Hall–Kier alpha value is -2.85. The zero-order chi connectivity index (χ0) is 22.2. The molecule has 31 heavy (non-hydrogen) atoms. The number of thiocarbonyl (C=S) groups is 1. The van der Waals surface area contributed by atoms with Gasteiger partial charge in [-0.15, -0.1) is 0 Å². The summed E-state index contributed by atoms with van der Waals surface area (Å²) >= 11 is 7.73. The van der Waals surface area contributed by atoms with E-state index in [4.69, 9.17) is 17.0 Å². The van der Waals surface area contributed by atoms with Crippen molar-refractivity contribution in [2.75, 3.05) is 11.5 Å². The molecule has 0 aliphatic rings. The summed E-state index contributed by atoms with van der Waals surface area (Å²) in [6.45, 7) is 2.47. The van der Waals surface area contributed by atoms with Gasteiger partial charge < -0.3 is 9.64 Å². The van der Waals surface area contributed by atoms with E-state index >= 15 is 0 Å². The zero-order valence-electron chi connectivity index (χ0n) is 16.7. The van der Waals surface area contributed by atoms with Gasteiger partial charge in [0.15, 0.2) is 5.11 Å². The SMILES string of the molecule is CCOC(=O)c1ccc(N(Cc2cccnc2)C(=S)NC(=O)c2cccc(I)c2)cc1. The number of aromatic nitrogens is 1. The van der Waals surface area contributed by atoms with E-state index in [1.807, 2.05) is 24.3 Å². The van der Waals surface area contributed by atoms with E-state index in [2.05, 4.69) is 32.9 Å². The van der Waals surface area contributed by atoms with Gasteiger partial charge in [-0.2, -0.15) is 0 Å². The van der Waals surface area contributed by atoms with Crippen molar-refractivity contribution >= 4 is 57.5 Å². The highest BCUT2D eigenvalue weighted by Crippen LogP contribution is 2.19. The maximum absolute atomic E-state index is 12.7. The fraction of sp³-hybridized carbons (Fsp3) is 0.130. The molecule has 8 heteroatoms. The number of ether oxygens (including phenoxy) is 1. The highest BCUT2D eigenvalue weighted by atomic mass is 127. The quantitative estimate of drug-likeness (QED) is 0.278. The van der Waals surface area contributed by atoms with Gasteiger partial charge in [0.1, 0.15) is 0 Å². The highest BCUT2D eigenvalue weighted by Gasteiger charge is 2.17. The van der Waals surface area contributed by atoms with Crippen LogP contribution in [-0.2, 0) is 11.3 Å². The van der Waals surface area contributed by atoms with Crippen molar-refractivity contribution in [2.24, 2.45) is 0 Å². The Labute approximate surface area is 199 Å². The molecule has 0 aliphatic heterocycles. The number of rotatable bonds is 6. The number of nitrogens with zero attached hydrogens (tertiary/aromatic N) is 2. The minimum atomic E-state index is -0.387. The number of carbonyl (C=O) groups is 2. The Morgan fingerprint density at radius 3 is 2.52 bits per heavy atom. The summed E-state index contributed by atoms with van der Waals surface area (Å²) < 4.78 is 5.99. The molecule has 1 heterocycles. The number of anilines is 1. The van der Waals surface area contributed by atoms with E-state index in [-0.39, 0.29) is 17.0 Å². The molecule has 0 spiro atoms. The summed E-state index contributed by atoms with van der Waals surface area (Å²) in [4.78, 5) is 30.6. The van der Waals surface area contributed by atoms with Crippen LogP contribution in [0.5, 0.6) is 0 Å². The highest BCUT2D eigenvalue weighted by molar-refractivity contribution is 14.1. The predicted octanol–water partition coefficient (Wildman–Crippen LogP) is 4.58. The van der Waals surface area contributed by atoms with Gasteiger partial charge in [0, 0.05) is 27.2 Å². The molecule has 0 saturated carbocycles. The fourth-order valence-electron chi connectivity index (χ4n) is 2.81. The van der Waals surface area contributed by atoms with Crippen molar-refractivity contribution in [3.05, 3.63) is 93.3 Å². The number of hydrogen-bond acceptors (Lipinski definition) is 5. The number of hydrogen-bond donors (Lipinski definition) is 1. The number of esters is 1. The third-order valence-corrected chi connectivity index (χ3v) is 5.30. The Morgan fingerprint density at radius 2 is 1.87 bits per heavy atom. The number of amides is 1. The van der Waals surface area contributed by atoms with Crippen molar-refractivity contribution < 1.29 is 14.3 Å². The lowest BCUT2D eigenvalue weighted by molar-refractivity contribution is 0.0526. The third kappa shape index (κ3) is 6.31. The Balaban J connectivity index is 1.84. The fourth-order valence-corrected chi connectivity index (χ4v) is 3.62. The van der Waals surface area contributed by atoms with Crippen LogP contribution in [0.1, 0.15) is 33.2 Å². The predicted molar refractivity (Wildman–Crippen MR) is 132 cm³/mol. The molecule has 1 amide bonds. The maximum atomic E-state index is 12.7. The second-order valence-electron chi connectivity index (χ2n) is 6.48. The van der Waals surface area contributed by atoms with Crippen LogP contribution < -0.4 is 10.2 Å². The first-order chi connectivity index (χ1) is 15.0. The minimum Gasteiger partial charge on any atom is -0.462 e. The average Bonchev–Trinajstić information content (AvgIpc) is 2.78. The normalized spacial score (nSPS) is 10.3. The van der Waals surface area contributed by atoms with Gasteiger partial charge in [-0.3, -0.25) is 15.1 Å². The molecule has 158 valence electrons. The number of nitrogens with one attached hydrogen (secondary N) is 1. The topological polar surface area (TPSA) is 71.5 Å². The Kier molecular flexibility index (Phi) is 8.07. The molecular weight excluding hydrogens is 525 g/mol. The molecule has 0 atom stereocenters. The molecule has 0 saturated heterocycles. The van der Waals surface area contributed by atoms with E-state index in [1.54, 1.807) is 60.6 Å². The van der Waals surface area contributed by atoms with Crippen molar-refractivity contribution in [1.29, 1.82) is 0 Å². The van der Waals surface area contributed by atoms with Crippen LogP contribution in [-0.4, -0.2) is 28.6 Å². The van der Waals surface area contributed by atoms with Gasteiger partial charge in [0.2, 0.25) is 0 Å². The molecule has 6 nitrogen and oxygen atoms in total. The van der Waals surface area contributed by atoms with Gasteiger partial charge in [-0.25, -0.2) is 4.79 Å². The minimum absolute atomic E-state index is 0.247. The number of pyridine rings is 1. The molecule has 1 N–H and O–H groups in total. The summed E-state index contributed by atoms with van der Waals surface area (Å²) in [7, 11) is 0. The van der Waals surface area contributed by atoms with Crippen LogP contribution in [0.4, 0.5) is 5.69 Å². The molecule has 2 aromatic carbocycles. The van der Waals surface area contributed by atoms with E-state index in [1.165, 1.54) is 0 Å². The molecule has 3 rings (SSSR count). The summed E-state index contributed by atoms with van der Waals surface area (Å²) in [6.07, 6.45) is 3.43. The third-order valence-electron chi connectivity index (χ3n) is 4.31. The van der Waals surface area contributed by atoms with Crippen LogP contribution in [0.2, 0.25) is 0 Å². The van der Waals surface area contributed by atoms with Crippen LogP contribution in [0.3, 0.4) is 0 Å². The maximum Gasteiger partial charge on any atom is 0.338 e. The van der Waals surface area contributed by atoms with Crippen molar-refractivity contribution in [1.82, 2.24) is 10.3 Å². The largest absolute Gasteiger partial charge is 0.462 e. The Bertz CT molecular complexity index is 1070. The van der Waals surface area contributed by atoms with E-state index in [9.17, 15) is 9.59 Å². The lowest BCUT2D eigenvalue weighted by atomic mass is 10.2. The molecule has 0 fully saturated rings. The molecule has 0 radical (unpaired) electrons. The molecule has 1 aromatic heterocycles.